The van der Waals surface area contributed by atoms with E-state index in [0.29, 0.717) is 24.2 Å². The predicted octanol–water partition coefficient (Wildman–Crippen LogP) is 3.51. The largest absolute Gasteiger partial charge is 0.481 e. The Bertz CT molecular complexity index is 508. The Balaban J connectivity index is 1.60. The second-order valence-corrected chi connectivity index (χ2v) is 7.35. The third-order valence-corrected chi connectivity index (χ3v) is 5.46. The summed E-state index contributed by atoms with van der Waals surface area (Å²) in [4.78, 5) is 22.1. The van der Waals surface area contributed by atoms with Gasteiger partial charge in [0.15, 0.2) is 0 Å². The van der Waals surface area contributed by atoms with Crippen molar-refractivity contribution in [2.75, 3.05) is 0 Å². The van der Waals surface area contributed by atoms with Crippen LogP contribution in [0, 0.1) is 17.3 Å². The maximum atomic E-state index is 11.7. The lowest BCUT2D eigenvalue weighted by atomic mass is 9.49. The van der Waals surface area contributed by atoms with Gasteiger partial charge in [0.05, 0.1) is 6.21 Å². The van der Waals surface area contributed by atoms with E-state index in [1.54, 1.807) is 0 Å². The number of carbonyl (C=O) groups excluding carboxylic acids is 1. The van der Waals surface area contributed by atoms with Gasteiger partial charge in [0, 0.05) is 12.8 Å². The van der Waals surface area contributed by atoms with Crippen LogP contribution in [0.25, 0.3) is 0 Å². The first-order chi connectivity index (χ1) is 10.9. The number of hydrazone groups is 1. The minimum Gasteiger partial charge on any atom is -0.481 e. The molecule has 0 unspecified atom stereocenters. The minimum absolute atomic E-state index is 0.0679. The topological polar surface area (TPSA) is 78.8 Å². The van der Waals surface area contributed by atoms with E-state index in [1.807, 2.05) is 6.21 Å². The summed E-state index contributed by atoms with van der Waals surface area (Å²) in [5.74, 6) is 0.563. The Morgan fingerprint density at radius 3 is 2.61 bits per heavy atom. The molecule has 128 valence electrons. The molecule has 3 rings (SSSR count). The molecule has 2 N–H and O–H groups in total. The van der Waals surface area contributed by atoms with Crippen molar-refractivity contribution in [2.45, 2.75) is 65.2 Å². The molecule has 0 saturated heterocycles. The van der Waals surface area contributed by atoms with Gasteiger partial charge in [0.25, 0.3) is 0 Å². The molecule has 0 radical (unpaired) electrons. The number of carboxylic acid groups (broad SMARTS) is 1. The molecule has 3 aliphatic rings. The Hall–Kier alpha value is -1.65. The van der Waals surface area contributed by atoms with E-state index in [4.69, 9.17) is 5.11 Å². The van der Waals surface area contributed by atoms with Crippen molar-refractivity contribution < 1.29 is 14.7 Å². The average molecular weight is 320 g/mol. The van der Waals surface area contributed by atoms with Crippen LogP contribution >= 0.6 is 0 Å². The van der Waals surface area contributed by atoms with Gasteiger partial charge < -0.3 is 5.11 Å². The zero-order chi connectivity index (χ0) is 16.9. The number of carboxylic acids is 1. The number of carbonyl (C=O) groups is 2. The Morgan fingerprint density at radius 2 is 2.00 bits per heavy atom. The van der Waals surface area contributed by atoms with Gasteiger partial charge >= 0.3 is 5.97 Å². The maximum absolute atomic E-state index is 11.7. The molecule has 23 heavy (non-hydrogen) atoms. The molecule has 1 saturated carbocycles. The molecule has 0 aliphatic heterocycles. The first kappa shape index (κ1) is 17.7. The summed E-state index contributed by atoms with van der Waals surface area (Å²) in [5.41, 5.74) is 4.23. The molecular formula is C18H28N2O3. The minimum atomic E-state index is -0.755. The van der Waals surface area contributed by atoms with E-state index in [-0.39, 0.29) is 12.3 Å². The quantitative estimate of drug-likeness (QED) is 0.388. The molecule has 0 spiro atoms. The Labute approximate surface area is 138 Å². The number of fused-ring (bicyclic) bond motifs is 1. The van der Waals surface area contributed by atoms with Crippen molar-refractivity contribution in [1.82, 2.24) is 5.43 Å². The van der Waals surface area contributed by atoms with E-state index in [2.05, 4.69) is 30.5 Å². The number of allylic oxidation sites excluding steroid dienone is 2. The van der Waals surface area contributed by atoms with E-state index >= 15 is 0 Å². The van der Waals surface area contributed by atoms with Gasteiger partial charge in [-0.05, 0) is 48.5 Å². The van der Waals surface area contributed by atoms with Crippen molar-refractivity contribution in [3.63, 3.8) is 0 Å². The highest BCUT2D eigenvalue weighted by atomic mass is 16.4. The number of nitrogens with one attached hydrogen (secondary N) is 1. The molecule has 5 nitrogen and oxygen atoms in total. The number of rotatable bonds is 9. The van der Waals surface area contributed by atoms with Crippen LogP contribution in [0.2, 0.25) is 0 Å². The van der Waals surface area contributed by atoms with Crippen LogP contribution in [0.3, 0.4) is 0 Å². The molecular weight excluding hydrogens is 292 g/mol. The van der Waals surface area contributed by atoms with Crippen LogP contribution in [-0.2, 0) is 9.59 Å². The molecule has 0 aromatic carbocycles. The van der Waals surface area contributed by atoms with E-state index in [1.165, 1.54) is 12.0 Å². The SMILES string of the molecule is CC1(C)[C@H]2CC=C(/C=N/NC(=O)CCCCCCC(=O)O)[C@@H]1C2. The summed E-state index contributed by atoms with van der Waals surface area (Å²) in [6, 6.07) is 0. The molecule has 3 aliphatic carbocycles. The number of amides is 1. The number of unbranched alkanes of at least 4 members (excludes halogenated alkanes) is 3. The fourth-order valence-electron chi connectivity index (χ4n) is 3.69. The van der Waals surface area contributed by atoms with Gasteiger partial charge in [0.2, 0.25) is 5.91 Å². The van der Waals surface area contributed by atoms with Gasteiger partial charge in [0.1, 0.15) is 0 Å². The van der Waals surface area contributed by atoms with Crippen molar-refractivity contribution >= 4 is 18.1 Å². The second kappa shape index (κ2) is 7.75. The Kier molecular flexibility index (Phi) is 5.97. The first-order valence-corrected chi connectivity index (χ1v) is 8.65. The second-order valence-electron chi connectivity index (χ2n) is 7.35. The van der Waals surface area contributed by atoms with E-state index in [9.17, 15) is 9.59 Å². The fourth-order valence-corrected chi connectivity index (χ4v) is 3.69. The van der Waals surface area contributed by atoms with Crippen LogP contribution < -0.4 is 5.43 Å². The fraction of sp³-hybridized carbons (Fsp3) is 0.722. The van der Waals surface area contributed by atoms with Gasteiger partial charge in [-0.1, -0.05) is 32.8 Å². The lowest BCUT2D eigenvalue weighted by molar-refractivity contribution is -0.137. The number of aliphatic carboxylic acids is 1. The highest BCUT2D eigenvalue weighted by Crippen LogP contribution is 2.58. The summed E-state index contributed by atoms with van der Waals surface area (Å²) < 4.78 is 0. The van der Waals surface area contributed by atoms with Crippen LogP contribution in [0.5, 0.6) is 0 Å². The standard InChI is InChI=1S/C18H28N2O3/c1-18(2)14-10-9-13(15(18)11-14)12-19-20-16(21)7-5-3-4-6-8-17(22)23/h9,12,14-15H,3-8,10-11H2,1-2H3,(H,20,21)(H,22,23)/b19-12+/t14-,15-/m0/s1. The monoisotopic (exact) mass is 320 g/mol. The van der Waals surface area contributed by atoms with Crippen molar-refractivity contribution in [2.24, 2.45) is 22.4 Å². The molecule has 5 heteroatoms. The van der Waals surface area contributed by atoms with Gasteiger partial charge in [-0.3, -0.25) is 9.59 Å². The molecule has 1 fully saturated rings. The normalized spacial score (nSPS) is 24.9. The van der Waals surface area contributed by atoms with Crippen LogP contribution in [0.4, 0.5) is 0 Å². The van der Waals surface area contributed by atoms with E-state index in [0.717, 1.165) is 31.6 Å². The number of nitrogens with zero attached hydrogens (tertiary/aromatic N) is 1. The van der Waals surface area contributed by atoms with Crippen LogP contribution in [0.15, 0.2) is 16.8 Å². The van der Waals surface area contributed by atoms with Gasteiger partial charge in [-0.2, -0.15) is 5.10 Å². The lowest BCUT2D eigenvalue weighted by Gasteiger charge is -2.55. The molecule has 0 heterocycles. The average Bonchev–Trinajstić information content (AvgIpc) is 2.50. The van der Waals surface area contributed by atoms with Crippen LogP contribution in [-0.4, -0.2) is 23.2 Å². The summed E-state index contributed by atoms with van der Waals surface area (Å²) in [6.07, 6.45) is 10.3. The van der Waals surface area contributed by atoms with Crippen molar-refractivity contribution in [3.05, 3.63) is 11.6 Å². The zero-order valence-corrected chi connectivity index (χ0v) is 14.2. The van der Waals surface area contributed by atoms with Gasteiger partial charge in [-0.15, -0.1) is 0 Å². The summed E-state index contributed by atoms with van der Waals surface area (Å²) in [5, 5.41) is 12.6. The molecule has 0 aromatic rings. The highest BCUT2D eigenvalue weighted by Gasteiger charge is 2.50. The van der Waals surface area contributed by atoms with Crippen molar-refractivity contribution in [3.8, 4) is 0 Å². The third kappa shape index (κ3) is 4.66. The number of hydrogen-bond donors (Lipinski definition) is 2. The molecule has 0 aromatic heterocycles. The lowest BCUT2D eigenvalue weighted by Crippen LogP contribution is -2.48. The maximum Gasteiger partial charge on any atom is 0.303 e. The van der Waals surface area contributed by atoms with Crippen LogP contribution in [0.1, 0.15) is 65.2 Å². The smallest absolute Gasteiger partial charge is 0.303 e. The van der Waals surface area contributed by atoms with E-state index < -0.39 is 5.97 Å². The number of hydrogen-bond acceptors (Lipinski definition) is 3. The highest BCUT2D eigenvalue weighted by molar-refractivity contribution is 5.83. The molecule has 2 atom stereocenters. The van der Waals surface area contributed by atoms with Gasteiger partial charge in [-0.25, -0.2) is 5.43 Å². The Morgan fingerprint density at radius 1 is 1.30 bits per heavy atom. The predicted molar refractivity (Wildman–Crippen MR) is 90.1 cm³/mol. The summed E-state index contributed by atoms with van der Waals surface area (Å²) in [6.45, 7) is 4.63. The zero-order valence-electron chi connectivity index (χ0n) is 14.2. The first-order valence-electron chi connectivity index (χ1n) is 8.65. The molecule has 1 amide bonds. The summed E-state index contributed by atoms with van der Waals surface area (Å²) >= 11 is 0. The van der Waals surface area contributed by atoms with Crippen molar-refractivity contribution in [1.29, 1.82) is 0 Å². The third-order valence-electron chi connectivity index (χ3n) is 5.46. The molecule has 2 bridgehead atoms. The summed E-state index contributed by atoms with van der Waals surface area (Å²) in [7, 11) is 0.